The standard InChI is InChI=1S/C18H14O6/c1-18(11-5-3-2-4-6-11)9-10-7-13-14(8-12(10)15(18)19)23-17(22-13)24-16(20)21/h2-8,17H,9H2,1H3,(H,20,21). The molecule has 1 aliphatic carbocycles. The number of Topliss-reactive ketones (excluding diaryl/α,β-unsaturated/α-hetero) is 1. The molecule has 24 heavy (non-hydrogen) atoms. The molecule has 0 saturated heterocycles. The van der Waals surface area contributed by atoms with Crippen LogP contribution in [-0.2, 0) is 16.6 Å². The first-order valence-electron chi connectivity index (χ1n) is 7.47. The SMILES string of the molecule is CC1(c2ccccc2)Cc2cc3c(cc2C1=O)OC(OC(=O)O)O3. The Morgan fingerprint density at radius 2 is 1.88 bits per heavy atom. The number of carboxylic acid groups (broad SMARTS) is 1. The summed E-state index contributed by atoms with van der Waals surface area (Å²) < 4.78 is 15.1. The van der Waals surface area contributed by atoms with E-state index in [0.717, 1.165) is 11.1 Å². The number of rotatable bonds is 2. The second kappa shape index (κ2) is 4.99. The van der Waals surface area contributed by atoms with Gasteiger partial charge in [0.1, 0.15) is 0 Å². The van der Waals surface area contributed by atoms with Crippen molar-refractivity contribution in [3.8, 4) is 11.5 Å². The number of fused-ring (bicyclic) bond motifs is 2. The molecule has 1 heterocycles. The molecule has 2 aromatic carbocycles. The van der Waals surface area contributed by atoms with Gasteiger partial charge in [-0.2, -0.15) is 0 Å². The summed E-state index contributed by atoms with van der Waals surface area (Å²) in [6, 6.07) is 13.0. The Kier molecular flexibility index (Phi) is 3.03. The average Bonchev–Trinajstić information content (AvgIpc) is 3.04. The minimum atomic E-state index is -1.49. The maximum atomic E-state index is 13.0. The molecule has 6 nitrogen and oxygen atoms in total. The summed E-state index contributed by atoms with van der Waals surface area (Å²) in [6.07, 6.45) is -0.945. The number of hydrogen-bond donors (Lipinski definition) is 1. The van der Waals surface area contributed by atoms with Gasteiger partial charge in [0.25, 0.3) is 0 Å². The van der Waals surface area contributed by atoms with Gasteiger partial charge >= 0.3 is 12.6 Å². The van der Waals surface area contributed by atoms with Gasteiger partial charge in [-0.1, -0.05) is 30.3 Å². The van der Waals surface area contributed by atoms with Gasteiger partial charge in [0, 0.05) is 5.56 Å². The highest BCUT2D eigenvalue weighted by Crippen LogP contribution is 2.45. The van der Waals surface area contributed by atoms with E-state index in [1.807, 2.05) is 37.3 Å². The molecule has 0 amide bonds. The molecule has 6 heteroatoms. The topological polar surface area (TPSA) is 82.1 Å². The highest BCUT2D eigenvalue weighted by molar-refractivity contribution is 6.08. The van der Waals surface area contributed by atoms with Crippen LogP contribution in [0.1, 0.15) is 28.4 Å². The van der Waals surface area contributed by atoms with Crippen LogP contribution < -0.4 is 9.47 Å². The highest BCUT2D eigenvalue weighted by Gasteiger charge is 2.44. The fourth-order valence-corrected chi connectivity index (χ4v) is 3.30. The quantitative estimate of drug-likeness (QED) is 0.854. The van der Waals surface area contributed by atoms with Crippen LogP contribution in [0.5, 0.6) is 11.5 Å². The molecule has 122 valence electrons. The summed E-state index contributed by atoms with van der Waals surface area (Å²) in [5.41, 5.74) is 1.75. The Morgan fingerprint density at radius 1 is 1.21 bits per heavy atom. The molecule has 2 aromatic rings. The highest BCUT2D eigenvalue weighted by atomic mass is 16.9. The number of carbonyl (C=O) groups is 2. The van der Waals surface area contributed by atoms with Crippen molar-refractivity contribution in [2.75, 3.05) is 0 Å². The van der Waals surface area contributed by atoms with E-state index < -0.39 is 18.0 Å². The third-order valence-electron chi connectivity index (χ3n) is 4.51. The fourth-order valence-electron chi connectivity index (χ4n) is 3.30. The van der Waals surface area contributed by atoms with Crippen molar-refractivity contribution in [1.29, 1.82) is 0 Å². The second-order valence-electron chi connectivity index (χ2n) is 6.07. The Hall–Kier alpha value is -3.02. The van der Waals surface area contributed by atoms with Crippen molar-refractivity contribution in [3.63, 3.8) is 0 Å². The minimum absolute atomic E-state index is 0.0118. The van der Waals surface area contributed by atoms with Crippen molar-refractivity contribution in [3.05, 3.63) is 59.2 Å². The predicted octanol–water partition coefficient (Wildman–Crippen LogP) is 3.13. The molecular formula is C18H14O6. The lowest BCUT2D eigenvalue weighted by atomic mass is 9.79. The summed E-state index contributed by atoms with van der Waals surface area (Å²) in [7, 11) is 0. The van der Waals surface area contributed by atoms with Crippen molar-refractivity contribution in [2.45, 2.75) is 25.2 Å². The first kappa shape index (κ1) is 14.6. The van der Waals surface area contributed by atoms with Crippen LogP contribution in [0.2, 0.25) is 0 Å². The van der Waals surface area contributed by atoms with E-state index >= 15 is 0 Å². The molecule has 2 aliphatic rings. The summed E-state index contributed by atoms with van der Waals surface area (Å²) in [4.78, 5) is 23.5. The first-order valence-corrected chi connectivity index (χ1v) is 7.47. The summed E-state index contributed by atoms with van der Waals surface area (Å²) >= 11 is 0. The average molecular weight is 326 g/mol. The monoisotopic (exact) mass is 326 g/mol. The van der Waals surface area contributed by atoms with E-state index in [1.165, 1.54) is 0 Å². The van der Waals surface area contributed by atoms with E-state index in [9.17, 15) is 9.59 Å². The third-order valence-corrected chi connectivity index (χ3v) is 4.51. The molecule has 0 aromatic heterocycles. The van der Waals surface area contributed by atoms with Crippen LogP contribution >= 0.6 is 0 Å². The van der Waals surface area contributed by atoms with Crippen molar-refractivity contribution in [1.82, 2.24) is 0 Å². The molecule has 1 N–H and O–H groups in total. The summed E-state index contributed by atoms with van der Waals surface area (Å²) in [5.74, 6) is 0.702. The Morgan fingerprint density at radius 3 is 2.54 bits per heavy atom. The van der Waals surface area contributed by atoms with Crippen LogP contribution in [0.4, 0.5) is 4.79 Å². The minimum Gasteiger partial charge on any atom is -0.450 e. The van der Waals surface area contributed by atoms with Crippen LogP contribution in [-0.4, -0.2) is 23.5 Å². The Balaban J connectivity index is 1.67. The largest absolute Gasteiger partial charge is 0.511 e. The Bertz CT molecular complexity index is 844. The maximum absolute atomic E-state index is 13.0. The lowest BCUT2D eigenvalue weighted by Crippen LogP contribution is -2.29. The van der Waals surface area contributed by atoms with Gasteiger partial charge in [-0.15, -0.1) is 0 Å². The van der Waals surface area contributed by atoms with Crippen LogP contribution in [0, 0.1) is 0 Å². The van der Waals surface area contributed by atoms with Gasteiger partial charge < -0.3 is 19.3 Å². The predicted molar refractivity (Wildman–Crippen MR) is 82.4 cm³/mol. The molecule has 2 atom stereocenters. The number of benzene rings is 2. The van der Waals surface area contributed by atoms with Crippen LogP contribution in [0.25, 0.3) is 0 Å². The molecular weight excluding hydrogens is 312 g/mol. The fraction of sp³-hybridized carbons (Fsp3) is 0.222. The van der Waals surface area contributed by atoms with Crippen molar-refractivity contribution in [2.24, 2.45) is 0 Å². The second-order valence-corrected chi connectivity index (χ2v) is 6.07. The van der Waals surface area contributed by atoms with E-state index in [0.29, 0.717) is 23.5 Å². The van der Waals surface area contributed by atoms with Crippen LogP contribution in [0.15, 0.2) is 42.5 Å². The normalized spacial score (nSPS) is 23.9. The zero-order valence-electron chi connectivity index (χ0n) is 12.8. The van der Waals surface area contributed by atoms with E-state index in [1.54, 1.807) is 12.1 Å². The van der Waals surface area contributed by atoms with Gasteiger partial charge in [0.2, 0.25) is 0 Å². The number of ether oxygens (including phenoxy) is 3. The maximum Gasteiger partial charge on any atom is 0.511 e. The van der Waals surface area contributed by atoms with E-state index in [2.05, 4.69) is 4.74 Å². The molecule has 0 bridgehead atoms. The number of carbonyl (C=O) groups excluding carboxylic acids is 1. The van der Waals surface area contributed by atoms with Gasteiger partial charge in [-0.05, 0) is 36.6 Å². The van der Waals surface area contributed by atoms with Gasteiger partial charge in [-0.3, -0.25) is 4.79 Å². The summed E-state index contributed by atoms with van der Waals surface area (Å²) in [6.45, 7) is 0.587. The number of ketones is 1. The van der Waals surface area contributed by atoms with E-state index in [-0.39, 0.29) is 5.78 Å². The zero-order chi connectivity index (χ0) is 16.9. The Labute approximate surface area is 137 Å². The molecule has 0 radical (unpaired) electrons. The molecule has 1 aliphatic heterocycles. The zero-order valence-corrected chi connectivity index (χ0v) is 12.8. The molecule has 0 saturated carbocycles. The third kappa shape index (κ3) is 2.11. The van der Waals surface area contributed by atoms with E-state index in [4.69, 9.17) is 14.6 Å². The molecule has 2 unspecified atom stereocenters. The lowest BCUT2D eigenvalue weighted by Gasteiger charge is -2.22. The molecule has 0 spiro atoms. The first-order chi connectivity index (χ1) is 11.5. The van der Waals surface area contributed by atoms with Gasteiger partial charge in [0.15, 0.2) is 17.3 Å². The van der Waals surface area contributed by atoms with Gasteiger partial charge in [0.05, 0.1) is 5.41 Å². The number of hydrogen-bond acceptors (Lipinski definition) is 5. The van der Waals surface area contributed by atoms with Crippen molar-refractivity contribution >= 4 is 11.9 Å². The van der Waals surface area contributed by atoms with Gasteiger partial charge in [-0.25, -0.2) is 4.79 Å². The smallest absolute Gasteiger partial charge is 0.450 e. The van der Waals surface area contributed by atoms with Crippen LogP contribution in [0.3, 0.4) is 0 Å². The van der Waals surface area contributed by atoms with Crippen molar-refractivity contribution < 1.29 is 28.9 Å². The lowest BCUT2D eigenvalue weighted by molar-refractivity contribution is -0.147. The molecule has 0 fully saturated rings. The summed E-state index contributed by atoms with van der Waals surface area (Å²) in [5, 5.41) is 8.62. The molecule has 4 rings (SSSR count).